The molecule has 4 heteroatoms. The molecule has 2 atom stereocenters. The van der Waals surface area contributed by atoms with Crippen LogP contribution in [-0.2, 0) is 0 Å². The molecule has 0 spiro atoms. The SMILES string of the molecule is C[C@@H]1CCC[C@H](C)N1C(=O)c1ccc(N(C)C)c(N)c1. The zero-order valence-electron chi connectivity index (χ0n) is 12.9. The van der Waals surface area contributed by atoms with Crippen LogP contribution >= 0.6 is 0 Å². The van der Waals surface area contributed by atoms with Crippen LogP contribution in [0.25, 0.3) is 0 Å². The number of piperidine rings is 1. The lowest BCUT2D eigenvalue weighted by atomic mass is 9.96. The number of nitrogens with two attached hydrogens (primary N) is 1. The van der Waals surface area contributed by atoms with E-state index in [0.717, 1.165) is 18.5 Å². The molecular weight excluding hydrogens is 250 g/mol. The highest BCUT2D eigenvalue weighted by molar-refractivity contribution is 5.96. The molecule has 0 bridgehead atoms. The number of benzene rings is 1. The lowest BCUT2D eigenvalue weighted by molar-refractivity contribution is 0.0511. The van der Waals surface area contributed by atoms with Gasteiger partial charge in [-0.25, -0.2) is 0 Å². The van der Waals surface area contributed by atoms with E-state index in [1.54, 1.807) is 6.07 Å². The van der Waals surface area contributed by atoms with Gasteiger partial charge in [0.2, 0.25) is 0 Å². The van der Waals surface area contributed by atoms with Crippen molar-refractivity contribution in [3.05, 3.63) is 23.8 Å². The lowest BCUT2D eigenvalue weighted by Gasteiger charge is -2.39. The standard InChI is InChI=1S/C16H25N3O/c1-11-6-5-7-12(2)19(11)16(20)13-8-9-15(18(3)4)14(17)10-13/h8-12H,5-7,17H2,1-4H3/t11-,12+. The summed E-state index contributed by atoms with van der Waals surface area (Å²) in [7, 11) is 3.89. The van der Waals surface area contributed by atoms with Crippen molar-refractivity contribution < 1.29 is 4.79 Å². The molecule has 1 heterocycles. The van der Waals surface area contributed by atoms with Crippen LogP contribution in [0.5, 0.6) is 0 Å². The Kier molecular flexibility index (Phi) is 4.21. The van der Waals surface area contributed by atoms with E-state index in [1.165, 1.54) is 6.42 Å². The monoisotopic (exact) mass is 275 g/mol. The highest BCUT2D eigenvalue weighted by atomic mass is 16.2. The van der Waals surface area contributed by atoms with Crippen LogP contribution in [0.1, 0.15) is 43.5 Å². The van der Waals surface area contributed by atoms with Crippen molar-refractivity contribution in [2.45, 2.75) is 45.2 Å². The number of nitrogen functional groups attached to an aromatic ring is 1. The van der Waals surface area contributed by atoms with E-state index in [4.69, 9.17) is 5.73 Å². The minimum Gasteiger partial charge on any atom is -0.397 e. The molecule has 0 radical (unpaired) electrons. The number of hydrogen-bond acceptors (Lipinski definition) is 3. The first-order valence-electron chi connectivity index (χ1n) is 7.31. The predicted molar refractivity (Wildman–Crippen MR) is 84.1 cm³/mol. The van der Waals surface area contributed by atoms with Crippen LogP contribution in [0.2, 0.25) is 0 Å². The maximum absolute atomic E-state index is 12.7. The summed E-state index contributed by atoms with van der Waals surface area (Å²) in [6.45, 7) is 4.26. The summed E-state index contributed by atoms with van der Waals surface area (Å²) < 4.78 is 0. The summed E-state index contributed by atoms with van der Waals surface area (Å²) in [6.07, 6.45) is 3.37. The first kappa shape index (κ1) is 14.7. The minimum absolute atomic E-state index is 0.0988. The highest BCUT2D eigenvalue weighted by Gasteiger charge is 2.29. The van der Waals surface area contributed by atoms with Gasteiger partial charge in [-0.1, -0.05) is 0 Å². The van der Waals surface area contributed by atoms with Crippen LogP contribution in [-0.4, -0.2) is 37.0 Å². The van der Waals surface area contributed by atoms with E-state index in [0.29, 0.717) is 23.3 Å². The van der Waals surface area contributed by atoms with Gasteiger partial charge in [-0.15, -0.1) is 0 Å². The number of hydrogen-bond donors (Lipinski definition) is 1. The molecule has 1 aliphatic rings. The molecular formula is C16H25N3O. The molecule has 2 N–H and O–H groups in total. The summed E-state index contributed by atoms with van der Waals surface area (Å²) in [5, 5.41) is 0. The number of rotatable bonds is 2. The van der Waals surface area contributed by atoms with E-state index in [9.17, 15) is 4.79 Å². The average molecular weight is 275 g/mol. The van der Waals surface area contributed by atoms with Gasteiger partial charge in [-0.05, 0) is 51.3 Å². The summed E-state index contributed by atoms with van der Waals surface area (Å²) in [6, 6.07) is 6.21. The molecule has 1 saturated heterocycles. The third-order valence-electron chi connectivity index (χ3n) is 4.18. The largest absolute Gasteiger partial charge is 0.397 e. The maximum atomic E-state index is 12.7. The van der Waals surface area contributed by atoms with Gasteiger partial charge in [-0.3, -0.25) is 4.79 Å². The number of nitrogens with zero attached hydrogens (tertiary/aromatic N) is 2. The highest BCUT2D eigenvalue weighted by Crippen LogP contribution is 2.27. The summed E-state index contributed by atoms with van der Waals surface area (Å²) in [4.78, 5) is 16.7. The van der Waals surface area contributed by atoms with Crippen molar-refractivity contribution in [3.63, 3.8) is 0 Å². The second-order valence-electron chi connectivity index (χ2n) is 6.01. The molecule has 1 amide bonds. The average Bonchev–Trinajstić information content (AvgIpc) is 2.37. The Labute approximate surface area is 121 Å². The molecule has 20 heavy (non-hydrogen) atoms. The minimum atomic E-state index is 0.0988. The van der Waals surface area contributed by atoms with Crippen LogP contribution in [0.4, 0.5) is 11.4 Å². The molecule has 1 aliphatic heterocycles. The van der Waals surface area contributed by atoms with Gasteiger partial charge in [0.1, 0.15) is 0 Å². The van der Waals surface area contributed by atoms with Crippen LogP contribution in [0.15, 0.2) is 18.2 Å². The van der Waals surface area contributed by atoms with E-state index in [2.05, 4.69) is 13.8 Å². The van der Waals surface area contributed by atoms with Crippen molar-refractivity contribution in [2.75, 3.05) is 24.7 Å². The third-order valence-corrected chi connectivity index (χ3v) is 4.18. The zero-order valence-corrected chi connectivity index (χ0v) is 12.9. The first-order valence-corrected chi connectivity index (χ1v) is 7.31. The molecule has 0 saturated carbocycles. The molecule has 1 fully saturated rings. The van der Waals surface area contributed by atoms with Gasteiger partial charge < -0.3 is 15.5 Å². The van der Waals surface area contributed by atoms with E-state index in [1.807, 2.05) is 36.0 Å². The van der Waals surface area contributed by atoms with Crippen molar-refractivity contribution >= 4 is 17.3 Å². The summed E-state index contributed by atoms with van der Waals surface area (Å²) >= 11 is 0. The Morgan fingerprint density at radius 1 is 1.25 bits per heavy atom. The fourth-order valence-electron chi connectivity index (χ4n) is 3.07. The quantitative estimate of drug-likeness (QED) is 0.844. The number of carbonyl (C=O) groups is 1. The molecule has 4 nitrogen and oxygen atoms in total. The van der Waals surface area contributed by atoms with Gasteiger partial charge in [0, 0.05) is 31.7 Å². The van der Waals surface area contributed by atoms with Gasteiger partial charge in [0.05, 0.1) is 11.4 Å². The molecule has 1 aromatic carbocycles. The summed E-state index contributed by atoms with van der Waals surface area (Å²) in [5.41, 5.74) is 8.33. The number of likely N-dealkylation sites (tertiary alicyclic amines) is 1. The Bertz CT molecular complexity index is 488. The topological polar surface area (TPSA) is 49.6 Å². The van der Waals surface area contributed by atoms with E-state index >= 15 is 0 Å². The lowest BCUT2D eigenvalue weighted by Crippen LogP contribution is -2.47. The molecule has 0 unspecified atom stereocenters. The Hall–Kier alpha value is -1.71. The van der Waals surface area contributed by atoms with Crippen LogP contribution in [0, 0.1) is 0 Å². The maximum Gasteiger partial charge on any atom is 0.254 e. The summed E-state index contributed by atoms with van der Waals surface area (Å²) in [5.74, 6) is 0.0988. The number of carbonyl (C=O) groups excluding carboxylic acids is 1. The van der Waals surface area contributed by atoms with E-state index < -0.39 is 0 Å². The number of amides is 1. The predicted octanol–water partition coefficient (Wildman–Crippen LogP) is 2.74. The van der Waals surface area contributed by atoms with Crippen molar-refractivity contribution in [2.24, 2.45) is 0 Å². The van der Waals surface area contributed by atoms with Crippen LogP contribution in [0.3, 0.4) is 0 Å². The second-order valence-corrected chi connectivity index (χ2v) is 6.01. The van der Waals surface area contributed by atoms with E-state index in [-0.39, 0.29) is 5.91 Å². The first-order chi connectivity index (χ1) is 9.41. The Morgan fingerprint density at radius 2 is 1.85 bits per heavy atom. The zero-order chi connectivity index (χ0) is 14.9. The Morgan fingerprint density at radius 3 is 2.35 bits per heavy atom. The second kappa shape index (κ2) is 5.73. The Balaban J connectivity index is 2.26. The molecule has 2 rings (SSSR count). The smallest absolute Gasteiger partial charge is 0.254 e. The molecule has 110 valence electrons. The van der Waals surface area contributed by atoms with Gasteiger partial charge >= 0.3 is 0 Å². The van der Waals surface area contributed by atoms with Gasteiger partial charge in [-0.2, -0.15) is 0 Å². The molecule has 1 aromatic rings. The molecule has 0 aromatic heterocycles. The van der Waals surface area contributed by atoms with Gasteiger partial charge in [0.15, 0.2) is 0 Å². The third kappa shape index (κ3) is 2.74. The fourth-order valence-corrected chi connectivity index (χ4v) is 3.07. The normalized spacial score (nSPS) is 22.7. The van der Waals surface area contributed by atoms with Crippen molar-refractivity contribution in [1.29, 1.82) is 0 Å². The van der Waals surface area contributed by atoms with Crippen LogP contribution < -0.4 is 10.6 Å². The number of anilines is 2. The van der Waals surface area contributed by atoms with Gasteiger partial charge in [0.25, 0.3) is 5.91 Å². The fraction of sp³-hybridized carbons (Fsp3) is 0.562. The van der Waals surface area contributed by atoms with Crippen molar-refractivity contribution in [1.82, 2.24) is 4.90 Å². The molecule has 0 aliphatic carbocycles. The van der Waals surface area contributed by atoms with Crippen molar-refractivity contribution in [3.8, 4) is 0 Å².